The molecule has 3 aromatic rings. The number of hydrogen-bond acceptors (Lipinski definition) is 7. The molecule has 1 aliphatic carbocycles. The van der Waals surface area contributed by atoms with Crippen molar-refractivity contribution in [1.29, 1.82) is 0 Å². The number of carbonyl (C=O) groups is 3. The third kappa shape index (κ3) is 13.1. The summed E-state index contributed by atoms with van der Waals surface area (Å²) in [5, 5.41) is 8.91. The molecule has 1 aliphatic rings. The van der Waals surface area contributed by atoms with Gasteiger partial charge in [-0.3, -0.25) is 14.4 Å². The van der Waals surface area contributed by atoms with Gasteiger partial charge < -0.3 is 34.9 Å². The highest BCUT2D eigenvalue weighted by Crippen LogP contribution is 2.31. The first-order valence-electron chi connectivity index (χ1n) is 18.6. The van der Waals surface area contributed by atoms with Gasteiger partial charge in [0.15, 0.2) is 11.6 Å². The van der Waals surface area contributed by atoms with Crippen LogP contribution in [0.2, 0.25) is 0 Å². The summed E-state index contributed by atoms with van der Waals surface area (Å²) in [6.07, 6.45) is 4.10. The number of anilines is 2. The number of carbonyl (C=O) groups excluding carboxylic acids is 3. The van der Waals surface area contributed by atoms with Crippen molar-refractivity contribution < 1.29 is 37.7 Å². The zero-order valence-corrected chi connectivity index (χ0v) is 32.4. The van der Waals surface area contributed by atoms with Crippen molar-refractivity contribution in [3.63, 3.8) is 0 Å². The number of benzene rings is 3. The third-order valence-corrected chi connectivity index (χ3v) is 8.55. The molecule has 0 spiro atoms. The molecule has 10 nitrogen and oxygen atoms in total. The van der Waals surface area contributed by atoms with Crippen molar-refractivity contribution in [2.75, 3.05) is 37.1 Å². The topological polar surface area (TPSA) is 124 Å². The van der Waals surface area contributed by atoms with E-state index in [0.717, 1.165) is 25.7 Å². The molecular formula is C42H56FN3O7. The Hall–Kier alpha value is -4.64. The van der Waals surface area contributed by atoms with E-state index in [4.69, 9.17) is 18.9 Å². The Morgan fingerprint density at radius 2 is 1.15 bits per heavy atom. The van der Waals surface area contributed by atoms with Crippen molar-refractivity contribution in [1.82, 2.24) is 5.32 Å². The molecule has 53 heavy (non-hydrogen) atoms. The Morgan fingerprint density at radius 3 is 1.64 bits per heavy atom. The normalized spacial score (nSPS) is 15.9. The van der Waals surface area contributed by atoms with E-state index >= 15 is 0 Å². The maximum absolute atomic E-state index is 14.5. The second-order valence-electron chi connectivity index (χ2n) is 15.6. The number of rotatable bonds is 16. The fraction of sp³-hybridized carbons (Fsp3) is 0.500. The van der Waals surface area contributed by atoms with E-state index in [2.05, 4.69) is 22.9 Å². The van der Waals surface area contributed by atoms with Crippen molar-refractivity contribution in [2.24, 2.45) is 17.8 Å². The monoisotopic (exact) mass is 733 g/mol. The van der Waals surface area contributed by atoms with Gasteiger partial charge in [-0.2, -0.15) is 0 Å². The van der Waals surface area contributed by atoms with Crippen LogP contribution in [0, 0.1) is 23.6 Å². The zero-order chi connectivity index (χ0) is 38.7. The van der Waals surface area contributed by atoms with Crippen LogP contribution in [0.1, 0.15) is 112 Å². The van der Waals surface area contributed by atoms with Crippen LogP contribution in [0.25, 0.3) is 0 Å². The van der Waals surface area contributed by atoms with Crippen LogP contribution in [0.3, 0.4) is 0 Å². The van der Waals surface area contributed by atoms with Gasteiger partial charge in [0.05, 0.1) is 36.8 Å². The Bertz CT molecular complexity index is 1710. The van der Waals surface area contributed by atoms with Gasteiger partial charge in [0, 0.05) is 22.7 Å². The second-order valence-corrected chi connectivity index (χ2v) is 15.6. The van der Waals surface area contributed by atoms with Crippen molar-refractivity contribution in [3.05, 3.63) is 77.1 Å². The molecular weight excluding hydrogens is 677 g/mol. The highest BCUT2D eigenvalue weighted by atomic mass is 19.1. The summed E-state index contributed by atoms with van der Waals surface area (Å²) >= 11 is 0. The van der Waals surface area contributed by atoms with Crippen LogP contribution in [-0.4, -0.2) is 55.8 Å². The quantitative estimate of drug-likeness (QED) is 0.126. The summed E-state index contributed by atoms with van der Waals surface area (Å²) in [5.41, 5.74) is 1.30. The molecule has 0 atom stereocenters. The summed E-state index contributed by atoms with van der Waals surface area (Å²) < 4.78 is 37.8. The fourth-order valence-electron chi connectivity index (χ4n) is 5.60. The summed E-state index contributed by atoms with van der Waals surface area (Å²) in [7, 11) is 0. The van der Waals surface area contributed by atoms with Crippen LogP contribution in [0.4, 0.5) is 15.8 Å². The standard InChI is InChI=1S/C42H56FN3O7/c1-26(2)24-51-37-22-30(39(47)44-32-14-9-28(5)10-15-32)12-17-34(37)46-41(49)31-13-18-35(38(23-31)52-25-27(3)4)45-40(48)29-11-16-33(43)36(21-29)50-19-20-53-42(6,7)8/h11-13,16-18,21-23,26-28,32H,9-10,14-15,19-20,24-25H2,1-8H3,(H,44,47)(H,45,48)(H,46,49). The molecule has 0 saturated heterocycles. The number of nitrogens with one attached hydrogen (secondary N) is 3. The van der Waals surface area contributed by atoms with E-state index in [9.17, 15) is 18.8 Å². The number of amides is 3. The lowest BCUT2D eigenvalue weighted by Crippen LogP contribution is -2.37. The highest BCUT2D eigenvalue weighted by Gasteiger charge is 2.22. The first-order valence-corrected chi connectivity index (χ1v) is 18.6. The van der Waals surface area contributed by atoms with E-state index in [1.807, 2.05) is 48.5 Å². The van der Waals surface area contributed by atoms with E-state index in [-0.39, 0.29) is 65.2 Å². The Labute approximate surface area is 313 Å². The van der Waals surface area contributed by atoms with Gasteiger partial charge in [0.1, 0.15) is 18.1 Å². The molecule has 11 heteroatoms. The number of hydrogen-bond donors (Lipinski definition) is 3. The van der Waals surface area contributed by atoms with Crippen LogP contribution in [0.15, 0.2) is 54.6 Å². The lowest BCUT2D eigenvalue weighted by molar-refractivity contribution is -0.0166. The summed E-state index contributed by atoms with van der Waals surface area (Å²) in [6, 6.07) is 13.8. The minimum Gasteiger partial charge on any atom is -0.491 e. The first-order chi connectivity index (χ1) is 25.1. The third-order valence-electron chi connectivity index (χ3n) is 8.55. The average molecular weight is 734 g/mol. The maximum Gasteiger partial charge on any atom is 0.255 e. The molecule has 0 aromatic heterocycles. The summed E-state index contributed by atoms with van der Waals surface area (Å²) in [5.74, 6) is -0.0522. The van der Waals surface area contributed by atoms with E-state index < -0.39 is 17.6 Å². The summed E-state index contributed by atoms with van der Waals surface area (Å²) in [6.45, 7) is 17.1. The fourth-order valence-corrected chi connectivity index (χ4v) is 5.60. The lowest BCUT2D eigenvalue weighted by atomic mass is 9.87. The lowest BCUT2D eigenvalue weighted by Gasteiger charge is -2.27. The molecule has 1 fully saturated rings. The molecule has 3 amide bonds. The van der Waals surface area contributed by atoms with Crippen LogP contribution < -0.4 is 30.2 Å². The number of ether oxygens (including phenoxy) is 4. The van der Waals surface area contributed by atoms with Crippen molar-refractivity contribution in [2.45, 2.75) is 92.7 Å². The molecule has 0 aliphatic heterocycles. The maximum atomic E-state index is 14.5. The van der Waals surface area contributed by atoms with Crippen LogP contribution >= 0.6 is 0 Å². The minimum atomic E-state index is -0.599. The van der Waals surface area contributed by atoms with Gasteiger partial charge in [-0.05, 0) is 119 Å². The first kappa shape index (κ1) is 41.1. The minimum absolute atomic E-state index is 0.0669. The van der Waals surface area contributed by atoms with Gasteiger partial charge >= 0.3 is 0 Å². The van der Waals surface area contributed by atoms with Gasteiger partial charge in [-0.25, -0.2) is 4.39 Å². The number of halogens is 1. The highest BCUT2D eigenvalue weighted by molar-refractivity contribution is 6.08. The van der Waals surface area contributed by atoms with E-state index in [1.54, 1.807) is 36.4 Å². The zero-order valence-electron chi connectivity index (χ0n) is 32.4. The molecule has 1 saturated carbocycles. The van der Waals surface area contributed by atoms with Crippen molar-refractivity contribution in [3.8, 4) is 17.2 Å². The largest absolute Gasteiger partial charge is 0.491 e. The van der Waals surface area contributed by atoms with Gasteiger partial charge in [0.25, 0.3) is 17.7 Å². The van der Waals surface area contributed by atoms with Gasteiger partial charge in [-0.15, -0.1) is 0 Å². The van der Waals surface area contributed by atoms with Crippen molar-refractivity contribution >= 4 is 29.1 Å². The van der Waals surface area contributed by atoms with E-state index in [0.29, 0.717) is 41.8 Å². The Kier molecular flexibility index (Phi) is 14.7. The molecule has 3 N–H and O–H groups in total. The molecule has 288 valence electrons. The molecule has 0 radical (unpaired) electrons. The van der Waals surface area contributed by atoms with E-state index in [1.165, 1.54) is 18.2 Å². The Morgan fingerprint density at radius 1 is 0.679 bits per heavy atom. The van der Waals surface area contributed by atoms with Crippen LogP contribution in [-0.2, 0) is 4.74 Å². The second kappa shape index (κ2) is 18.9. The predicted octanol–water partition coefficient (Wildman–Crippen LogP) is 8.90. The smallest absolute Gasteiger partial charge is 0.255 e. The average Bonchev–Trinajstić information content (AvgIpc) is 3.10. The predicted molar refractivity (Wildman–Crippen MR) is 206 cm³/mol. The molecule has 3 aromatic carbocycles. The summed E-state index contributed by atoms with van der Waals surface area (Å²) in [4.78, 5) is 40.2. The van der Waals surface area contributed by atoms with Gasteiger partial charge in [-0.1, -0.05) is 34.6 Å². The molecule has 0 unspecified atom stereocenters. The SMILES string of the molecule is CC(C)COc1cc(C(=O)Nc2ccc(C(=O)NC3CCC(C)CC3)cc2OCC(C)C)ccc1NC(=O)c1ccc(F)c(OCCOC(C)(C)C)c1. The Balaban J connectivity index is 1.50. The molecule has 4 rings (SSSR count). The van der Waals surface area contributed by atoms with Gasteiger partial charge in [0.2, 0.25) is 0 Å². The molecule has 0 bridgehead atoms. The van der Waals surface area contributed by atoms with Crippen LogP contribution in [0.5, 0.6) is 17.2 Å². The molecule has 0 heterocycles.